The lowest BCUT2D eigenvalue weighted by molar-refractivity contribution is -0.120. The Labute approximate surface area is 167 Å². The number of likely N-dealkylation sites (N-methyl/N-ethyl adjacent to an activating group) is 3. The van der Waals surface area contributed by atoms with Gasteiger partial charge >= 0.3 is 0 Å². The topological polar surface area (TPSA) is 43.9 Å². The smallest absolute Gasteiger partial charge is 0.146 e. The molecule has 0 aliphatic carbocycles. The van der Waals surface area contributed by atoms with E-state index in [1.54, 1.807) is 0 Å². The Morgan fingerprint density at radius 1 is 0.815 bits per heavy atom. The van der Waals surface area contributed by atoms with Crippen LogP contribution in [0.3, 0.4) is 0 Å². The standard InChI is InChI=1S/C22H43N3O2/c1-6-20-10-11-22(27)18-25(5)15-14-24(4)16-19(2)8-7-9-21(26)17-23(3)13-12-20/h19-20H,6-18H2,1-5H3/t19?,20-/m1/s1. The van der Waals surface area contributed by atoms with E-state index in [0.717, 1.165) is 58.3 Å². The molecule has 5 heteroatoms. The number of ketones is 2. The molecule has 0 spiro atoms. The van der Waals surface area contributed by atoms with E-state index in [9.17, 15) is 9.59 Å². The zero-order valence-corrected chi connectivity index (χ0v) is 18.5. The maximum atomic E-state index is 12.3. The molecule has 1 fully saturated rings. The lowest BCUT2D eigenvalue weighted by Gasteiger charge is -2.24. The summed E-state index contributed by atoms with van der Waals surface area (Å²) in [6.45, 7) is 9.51. The fourth-order valence-electron chi connectivity index (χ4n) is 3.94. The Balaban J connectivity index is 2.62. The van der Waals surface area contributed by atoms with Crippen LogP contribution in [0.4, 0.5) is 0 Å². The molecular formula is C22H43N3O2. The van der Waals surface area contributed by atoms with Crippen LogP contribution in [0.5, 0.6) is 0 Å². The summed E-state index contributed by atoms with van der Waals surface area (Å²) in [6, 6.07) is 0. The molecule has 1 heterocycles. The summed E-state index contributed by atoms with van der Waals surface area (Å²) in [5, 5.41) is 0. The van der Waals surface area contributed by atoms with Crippen molar-refractivity contribution >= 4 is 11.6 Å². The van der Waals surface area contributed by atoms with E-state index in [2.05, 4.69) is 42.6 Å². The molecule has 0 N–H and O–H groups in total. The third-order valence-corrected chi connectivity index (χ3v) is 5.86. The molecule has 0 bridgehead atoms. The predicted molar refractivity (Wildman–Crippen MR) is 113 cm³/mol. The highest BCUT2D eigenvalue weighted by atomic mass is 16.1. The first-order chi connectivity index (χ1) is 12.8. The van der Waals surface area contributed by atoms with Crippen molar-refractivity contribution in [2.75, 3.05) is 60.4 Å². The first kappa shape index (κ1) is 24.3. The van der Waals surface area contributed by atoms with Crippen molar-refractivity contribution in [3.63, 3.8) is 0 Å². The molecule has 0 aromatic rings. The Morgan fingerprint density at radius 3 is 2.07 bits per heavy atom. The summed E-state index contributed by atoms with van der Waals surface area (Å²) in [4.78, 5) is 31.2. The third kappa shape index (κ3) is 11.6. The average Bonchev–Trinajstić information content (AvgIpc) is 2.59. The molecule has 1 aliphatic heterocycles. The highest BCUT2D eigenvalue weighted by molar-refractivity contribution is 5.80. The van der Waals surface area contributed by atoms with Gasteiger partial charge < -0.3 is 4.90 Å². The van der Waals surface area contributed by atoms with Gasteiger partial charge in [-0.05, 0) is 65.2 Å². The number of carbonyl (C=O) groups is 2. The van der Waals surface area contributed by atoms with Gasteiger partial charge in [0.2, 0.25) is 0 Å². The molecule has 0 aromatic heterocycles. The fraction of sp³-hybridized carbons (Fsp3) is 0.909. The summed E-state index contributed by atoms with van der Waals surface area (Å²) in [7, 11) is 6.25. The second-order valence-electron chi connectivity index (χ2n) is 8.91. The molecule has 2 atom stereocenters. The van der Waals surface area contributed by atoms with Gasteiger partial charge in [0, 0.05) is 32.5 Å². The SMILES string of the molecule is CC[C@@H]1CCC(=O)CN(C)CCN(C)CC(C)CCCC(=O)CN(C)CC1. The summed E-state index contributed by atoms with van der Waals surface area (Å²) in [5.41, 5.74) is 0. The van der Waals surface area contributed by atoms with Gasteiger partial charge in [-0.15, -0.1) is 0 Å². The average molecular weight is 382 g/mol. The number of hydrogen-bond acceptors (Lipinski definition) is 5. The van der Waals surface area contributed by atoms with Crippen LogP contribution >= 0.6 is 0 Å². The Kier molecular flexibility index (Phi) is 12.0. The minimum absolute atomic E-state index is 0.355. The van der Waals surface area contributed by atoms with E-state index >= 15 is 0 Å². The lowest BCUT2D eigenvalue weighted by Crippen LogP contribution is -2.35. The van der Waals surface area contributed by atoms with Crippen LogP contribution in [-0.4, -0.2) is 86.7 Å². The van der Waals surface area contributed by atoms with Crippen LogP contribution in [0.1, 0.15) is 58.8 Å². The number of hydrogen-bond donors (Lipinski definition) is 0. The maximum absolute atomic E-state index is 12.3. The van der Waals surface area contributed by atoms with E-state index in [1.165, 1.54) is 0 Å². The molecule has 0 radical (unpaired) electrons. The first-order valence-electron chi connectivity index (χ1n) is 10.9. The van der Waals surface area contributed by atoms with E-state index in [-0.39, 0.29) is 0 Å². The number of rotatable bonds is 1. The summed E-state index contributed by atoms with van der Waals surface area (Å²) in [6.07, 6.45) is 6.63. The molecule has 158 valence electrons. The fourth-order valence-corrected chi connectivity index (χ4v) is 3.94. The van der Waals surface area contributed by atoms with Gasteiger partial charge in [0.1, 0.15) is 11.6 Å². The normalized spacial score (nSPS) is 28.5. The van der Waals surface area contributed by atoms with Crippen molar-refractivity contribution in [2.45, 2.75) is 58.8 Å². The zero-order chi connectivity index (χ0) is 20.2. The molecule has 1 saturated heterocycles. The predicted octanol–water partition coefficient (Wildman–Crippen LogP) is 2.94. The van der Waals surface area contributed by atoms with Gasteiger partial charge in [-0.25, -0.2) is 0 Å². The monoisotopic (exact) mass is 381 g/mol. The van der Waals surface area contributed by atoms with E-state index in [1.807, 2.05) is 7.05 Å². The molecule has 0 saturated carbocycles. The van der Waals surface area contributed by atoms with Crippen LogP contribution in [0.25, 0.3) is 0 Å². The molecular weight excluding hydrogens is 338 g/mol. The Morgan fingerprint density at radius 2 is 1.41 bits per heavy atom. The molecule has 27 heavy (non-hydrogen) atoms. The van der Waals surface area contributed by atoms with Crippen LogP contribution in [0.2, 0.25) is 0 Å². The minimum atomic E-state index is 0.355. The van der Waals surface area contributed by atoms with Gasteiger partial charge in [-0.2, -0.15) is 0 Å². The van der Waals surface area contributed by atoms with Crippen LogP contribution in [0.15, 0.2) is 0 Å². The molecule has 1 rings (SSSR count). The number of Topliss-reactive ketones (excluding diaryl/α,β-unsaturated/α-hetero) is 2. The van der Waals surface area contributed by atoms with Gasteiger partial charge in [0.15, 0.2) is 0 Å². The van der Waals surface area contributed by atoms with Gasteiger partial charge in [-0.1, -0.05) is 20.3 Å². The highest BCUT2D eigenvalue weighted by Crippen LogP contribution is 2.17. The van der Waals surface area contributed by atoms with E-state index in [0.29, 0.717) is 49.3 Å². The van der Waals surface area contributed by atoms with Crippen molar-refractivity contribution in [1.82, 2.24) is 14.7 Å². The quantitative estimate of drug-likeness (QED) is 0.699. The zero-order valence-electron chi connectivity index (χ0n) is 18.5. The van der Waals surface area contributed by atoms with Crippen molar-refractivity contribution in [2.24, 2.45) is 11.8 Å². The van der Waals surface area contributed by atoms with Crippen molar-refractivity contribution in [1.29, 1.82) is 0 Å². The van der Waals surface area contributed by atoms with Gasteiger partial charge in [0.05, 0.1) is 13.1 Å². The van der Waals surface area contributed by atoms with Crippen molar-refractivity contribution in [3.05, 3.63) is 0 Å². The van der Waals surface area contributed by atoms with E-state index in [4.69, 9.17) is 0 Å². The summed E-state index contributed by atoms with van der Waals surface area (Å²) >= 11 is 0. The Bertz CT molecular complexity index is 441. The molecule has 5 nitrogen and oxygen atoms in total. The van der Waals surface area contributed by atoms with Gasteiger partial charge in [-0.3, -0.25) is 19.4 Å². The minimum Gasteiger partial charge on any atom is -0.305 e. The molecule has 1 unspecified atom stereocenters. The summed E-state index contributed by atoms with van der Waals surface area (Å²) in [5.74, 6) is 1.89. The molecule has 0 aromatic carbocycles. The van der Waals surface area contributed by atoms with Crippen LogP contribution in [-0.2, 0) is 9.59 Å². The highest BCUT2D eigenvalue weighted by Gasteiger charge is 2.15. The third-order valence-electron chi connectivity index (χ3n) is 5.86. The molecule has 0 amide bonds. The lowest BCUT2D eigenvalue weighted by atomic mass is 9.95. The second kappa shape index (κ2) is 13.4. The van der Waals surface area contributed by atoms with E-state index < -0.39 is 0 Å². The van der Waals surface area contributed by atoms with Crippen molar-refractivity contribution < 1.29 is 9.59 Å². The maximum Gasteiger partial charge on any atom is 0.146 e. The summed E-state index contributed by atoms with van der Waals surface area (Å²) < 4.78 is 0. The first-order valence-corrected chi connectivity index (χ1v) is 10.9. The van der Waals surface area contributed by atoms with Crippen molar-refractivity contribution in [3.8, 4) is 0 Å². The van der Waals surface area contributed by atoms with Gasteiger partial charge in [0.25, 0.3) is 0 Å². The molecule has 1 aliphatic rings. The number of nitrogens with zero attached hydrogens (tertiary/aromatic N) is 3. The second-order valence-corrected chi connectivity index (χ2v) is 8.91. The Hall–Kier alpha value is -0.780. The number of carbonyl (C=O) groups excluding carboxylic acids is 2. The van der Waals surface area contributed by atoms with Crippen LogP contribution < -0.4 is 0 Å². The largest absolute Gasteiger partial charge is 0.305 e. The van der Waals surface area contributed by atoms with Crippen LogP contribution in [0, 0.1) is 11.8 Å².